The second-order valence-corrected chi connectivity index (χ2v) is 9.83. The summed E-state index contributed by atoms with van der Waals surface area (Å²) in [5.74, 6) is -0.0389. The minimum absolute atomic E-state index is 0.0135. The molecule has 3 rings (SSSR count). The van der Waals surface area contributed by atoms with Gasteiger partial charge in [-0.1, -0.05) is 58.0 Å². The summed E-state index contributed by atoms with van der Waals surface area (Å²) >= 11 is 1.76. The van der Waals surface area contributed by atoms with Crippen molar-refractivity contribution in [3.05, 3.63) is 69.9 Å². The van der Waals surface area contributed by atoms with Gasteiger partial charge in [-0.3, -0.25) is 9.59 Å². The average molecular weight is 425 g/mol. The van der Waals surface area contributed by atoms with E-state index < -0.39 is 0 Å². The van der Waals surface area contributed by atoms with Crippen molar-refractivity contribution in [2.24, 2.45) is 0 Å². The number of fused-ring (bicyclic) bond motifs is 1. The Morgan fingerprint density at radius 2 is 1.93 bits per heavy atom. The van der Waals surface area contributed by atoms with Crippen molar-refractivity contribution in [3.8, 4) is 0 Å². The average Bonchev–Trinajstić information content (AvgIpc) is 3.20. The van der Waals surface area contributed by atoms with Crippen LogP contribution >= 0.6 is 11.3 Å². The van der Waals surface area contributed by atoms with Crippen molar-refractivity contribution in [1.82, 2.24) is 9.80 Å². The highest BCUT2D eigenvalue weighted by Crippen LogP contribution is 2.38. The zero-order valence-corrected chi connectivity index (χ0v) is 19.3. The largest absolute Gasteiger partial charge is 0.330 e. The second kappa shape index (κ2) is 9.17. The summed E-state index contributed by atoms with van der Waals surface area (Å²) in [7, 11) is 0. The van der Waals surface area contributed by atoms with Crippen LogP contribution in [0.4, 0.5) is 0 Å². The molecule has 30 heavy (non-hydrogen) atoms. The number of hydrogen-bond donors (Lipinski definition) is 0. The van der Waals surface area contributed by atoms with Crippen molar-refractivity contribution >= 4 is 23.2 Å². The molecular weight excluding hydrogens is 392 g/mol. The summed E-state index contributed by atoms with van der Waals surface area (Å²) in [6.45, 7) is 13.3. The molecule has 0 saturated heterocycles. The standard InChI is InChI=1S/C25H32N2O2S/c1-6-14-26(22(28)7-2)17-23(29)27-15-12-21-20(13-16-30-21)24(27)18-8-10-19(11-9-18)25(3,4)5/h6,8-11,13,16,24H,1,7,12,14-15,17H2,2-5H3. The third-order valence-corrected chi connectivity index (χ3v) is 6.71. The molecule has 1 aliphatic rings. The Bertz CT molecular complexity index is 908. The first kappa shape index (κ1) is 22.3. The van der Waals surface area contributed by atoms with Gasteiger partial charge in [0.05, 0.1) is 6.04 Å². The Labute approximate surface area is 184 Å². The number of rotatable bonds is 6. The van der Waals surface area contributed by atoms with E-state index >= 15 is 0 Å². The van der Waals surface area contributed by atoms with Gasteiger partial charge < -0.3 is 9.80 Å². The summed E-state index contributed by atoms with van der Waals surface area (Å²) in [6.07, 6.45) is 2.92. The molecular formula is C25H32N2O2S. The maximum atomic E-state index is 13.3. The molecule has 0 fully saturated rings. The summed E-state index contributed by atoms with van der Waals surface area (Å²) in [4.78, 5) is 30.5. The van der Waals surface area contributed by atoms with Crippen LogP contribution in [0, 0.1) is 0 Å². The molecule has 5 heteroatoms. The predicted octanol–water partition coefficient (Wildman–Crippen LogP) is 4.94. The first-order chi connectivity index (χ1) is 14.3. The lowest BCUT2D eigenvalue weighted by Gasteiger charge is -2.37. The highest BCUT2D eigenvalue weighted by Gasteiger charge is 2.33. The van der Waals surface area contributed by atoms with E-state index in [9.17, 15) is 9.59 Å². The van der Waals surface area contributed by atoms with Gasteiger partial charge in [0.25, 0.3) is 0 Å². The molecule has 160 valence electrons. The molecule has 0 bridgehead atoms. The number of carbonyl (C=O) groups excluding carboxylic acids is 2. The van der Waals surface area contributed by atoms with Crippen LogP contribution in [0.25, 0.3) is 0 Å². The van der Waals surface area contributed by atoms with E-state index in [1.807, 2.05) is 11.8 Å². The van der Waals surface area contributed by atoms with Gasteiger partial charge in [-0.05, 0) is 40.0 Å². The van der Waals surface area contributed by atoms with Crippen molar-refractivity contribution in [3.63, 3.8) is 0 Å². The van der Waals surface area contributed by atoms with E-state index in [2.05, 4.69) is 63.1 Å². The van der Waals surface area contributed by atoms with Crippen LogP contribution in [0.15, 0.2) is 48.4 Å². The van der Waals surface area contributed by atoms with Gasteiger partial charge in [0.2, 0.25) is 11.8 Å². The van der Waals surface area contributed by atoms with Crippen LogP contribution in [-0.4, -0.2) is 41.2 Å². The van der Waals surface area contributed by atoms with Gasteiger partial charge in [0.1, 0.15) is 6.54 Å². The molecule has 0 spiro atoms. The quantitative estimate of drug-likeness (QED) is 0.616. The SMILES string of the molecule is C=CCN(CC(=O)N1CCc2sccc2C1c1ccc(C(C)(C)C)cc1)C(=O)CC. The van der Waals surface area contributed by atoms with Crippen LogP contribution in [-0.2, 0) is 21.4 Å². The highest BCUT2D eigenvalue weighted by molar-refractivity contribution is 7.10. The maximum Gasteiger partial charge on any atom is 0.243 e. The fourth-order valence-corrected chi connectivity index (χ4v) is 4.90. The molecule has 1 aromatic carbocycles. The minimum Gasteiger partial charge on any atom is -0.330 e. The van der Waals surface area contributed by atoms with Crippen molar-refractivity contribution in [1.29, 1.82) is 0 Å². The molecule has 1 atom stereocenters. The number of hydrogen-bond acceptors (Lipinski definition) is 3. The lowest BCUT2D eigenvalue weighted by atomic mass is 9.85. The Morgan fingerprint density at radius 3 is 2.53 bits per heavy atom. The molecule has 2 aromatic rings. The third kappa shape index (κ3) is 4.67. The van der Waals surface area contributed by atoms with Gasteiger partial charge in [-0.2, -0.15) is 0 Å². The van der Waals surface area contributed by atoms with Gasteiger partial charge in [-0.25, -0.2) is 0 Å². The fraction of sp³-hybridized carbons (Fsp3) is 0.440. The zero-order chi connectivity index (χ0) is 21.9. The monoisotopic (exact) mass is 424 g/mol. The smallest absolute Gasteiger partial charge is 0.243 e. The Balaban J connectivity index is 1.92. The predicted molar refractivity (Wildman–Crippen MR) is 124 cm³/mol. The molecule has 0 radical (unpaired) electrons. The molecule has 1 aliphatic heterocycles. The fourth-order valence-electron chi connectivity index (χ4n) is 4.00. The van der Waals surface area contributed by atoms with E-state index in [1.165, 1.54) is 16.0 Å². The number of carbonyl (C=O) groups is 2. The molecule has 0 saturated carbocycles. The maximum absolute atomic E-state index is 13.3. The lowest BCUT2D eigenvalue weighted by Crippen LogP contribution is -2.46. The second-order valence-electron chi connectivity index (χ2n) is 8.83. The summed E-state index contributed by atoms with van der Waals surface area (Å²) in [5, 5.41) is 2.11. The lowest BCUT2D eigenvalue weighted by molar-refractivity contribution is -0.141. The molecule has 2 heterocycles. The normalized spacial score (nSPS) is 16.1. The van der Waals surface area contributed by atoms with Crippen LogP contribution in [0.2, 0.25) is 0 Å². The van der Waals surface area contributed by atoms with Crippen LogP contribution in [0.5, 0.6) is 0 Å². The molecule has 2 amide bonds. The summed E-state index contributed by atoms with van der Waals surface area (Å²) in [6, 6.07) is 10.7. The molecule has 1 unspecified atom stereocenters. The molecule has 4 nitrogen and oxygen atoms in total. The number of thiophene rings is 1. The van der Waals surface area contributed by atoms with E-state index in [1.54, 1.807) is 22.3 Å². The van der Waals surface area contributed by atoms with Gasteiger partial charge in [-0.15, -0.1) is 17.9 Å². The van der Waals surface area contributed by atoms with Gasteiger partial charge in [0, 0.05) is 24.4 Å². The Kier molecular flexibility index (Phi) is 6.81. The Morgan fingerprint density at radius 1 is 1.23 bits per heavy atom. The molecule has 0 aliphatic carbocycles. The van der Waals surface area contributed by atoms with Gasteiger partial charge >= 0.3 is 0 Å². The van der Waals surface area contributed by atoms with Crippen LogP contribution in [0.1, 0.15) is 61.7 Å². The number of benzene rings is 1. The zero-order valence-electron chi connectivity index (χ0n) is 18.5. The highest BCUT2D eigenvalue weighted by atomic mass is 32.1. The number of nitrogens with zero attached hydrogens (tertiary/aromatic N) is 2. The number of amides is 2. The van der Waals surface area contributed by atoms with E-state index in [-0.39, 0.29) is 29.8 Å². The van der Waals surface area contributed by atoms with E-state index in [0.717, 1.165) is 12.0 Å². The van der Waals surface area contributed by atoms with Crippen molar-refractivity contribution in [2.45, 2.75) is 52.0 Å². The summed E-state index contributed by atoms with van der Waals surface area (Å²) in [5.41, 5.74) is 3.68. The van der Waals surface area contributed by atoms with Gasteiger partial charge in [0.15, 0.2) is 0 Å². The Hall–Kier alpha value is -2.40. The van der Waals surface area contributed by atoms with Crippen LogP contribution < -0.4 is 0 Å². The first-order valence-corrected chi connectivity index (χ1v) is 11.5. The third-order valence-electron chi connectivity index (χ3n) is 5.71. The first-order valence-electron chi connectivity index (χ1n) is 10.6. The van der Waals surface area contributed by atoms with Crippen molar-refractivity contribution in [2.75, 3.05) is 19.6 Å². The summed E-state index contributed by atoms with van der Waals surface area (Å²) < 4.78 is 0. The van der Waals surface area contributed by atoms with E-state index in [0.29, 0.717) is 19.5 Å². The van der Waals surface area contributed by atoms with E-state index in [4.69, 9.17) is 0 Å². The molecule has 1 aromatic heterocycles. The van der Waals surface area contributed by atoms with Crippen LogP contribution in [0.3, 0.4) is 0 Å². The minimum atomic E-state index is -0.108. The molecule has 0 N–H and O–H groups in total. The topological polar surface area (TPSA) is 40.6 Å². The van der Waals surface area contributed by atoms with Crippen molar-refractivity contribution < 1.29 is 9.59 Å².